The Morgan fingerprint density at radius 3 is 2.26 bits per heavy atom. The molecule has 1 aliphatic heterocycles. The number of nitrogens with zero attached hydrogens (tertiary/aromatic N) is 2. The van der Waals surface area contributed by atoms with Crippen molar-refractivity contribution in [1.82, 2.24) is 15.8 Å². The second-order valence-corrected chi connectivity index (χ2v) is 9.60. The van der Waals surface area contributed by atoms with Gasteiger partial charge in [0.2, 0.25) is 5.91 Å². The average molecular weight is 499 g/mol. The molecule has 34 heavy (non-hydrogen) atoms. The quantitative estimate of drug-likeness (QED) is 0.486. The number of carbonyl (C=O) groups excluding carboxylic acids is 3. The summed E-state index contributed by atoms with van der Waals surface area (Å²) < 4.78 is 28.7. The molecule has 4 amide bonds. The summed E-state index contributed by atoms with van der Waals surface area (Å²) in [5, 5.41) is 2.77. The molecule has 0 radical (unpaired) electrons. The third-order valence-corrected chi connectivity index (χ3v) is 7.26. The molecule has 0 unspecified atom stereocenters. The van der Waals surface area contributed by atoms with Crippen molar-refractivity contribution < 1.29 is 22.8 Å². The van der Waals surface area contributed by atoms with Crippen LogP contribution in [0.5, 0.6) is 0 Å². The van der Waals surface area contributed by atoms with Crippen molar-refractivity contribution in [1.29, 1.82) is 0 Å². The number of para-hydroxylation sites is 1. The molecule has 1 saturated heterocycles. The third kappa shape index (κ3) is 4.87. The zero-order valence-corrected chi connectivity index (χ0v) is 19.2. The first-order valence-electron chi connectivity index (χ1n) is 10.1. The number of anilines is 1. The highest BCUT2D eigenvalue weighted by Gasteiger charge is 2.31. The number of imide groups is 1. The van der Waals surface area contributed by atoms with Gasteiger partial charge in [0.1, 0.15) is 11.4 Å². The Morgan fingerprint density at radius 2 is 1.65 bits per heavy atom. The Kier molecular flexibility index (Phi) is 6.53. The average Bonchev–Trinajstić information content (AvgIpc) is 3.15. The van der Waals surface area contributed by atoms with Gasteiger partial charge in [0.05, 0.1) is 17.3 Å². The van der Waals surface area contributed by atoms with Crippen LogP contribution in [0.3, 0.4) is 0 Å². The van der Waals surface area contributed by atoms with E-state index in [1.165, 1.54) is 16.4 Å². The molecule has 0 atom stereocenters. The molecular formula is C23H19ClN4O5S. The van der Waals surface area contributed by atoms with Gasteiger partial charge in [-0.15, -0.1) is 0 Å². The number of hydrazine groups is 1. The van der Waals surface area contributed by atoms with Crippen LogP contribution in [0, 0.1) is 0 Å². The summed E-state index contributed by atoms with van der Waals surface area (Å²) >= 11 is 6.28. The molecule has 0 saturated carbocycles. The van der Waals surface area contributed by atoms with E-state index in [0.29, 0.717) is 5.69 Å². The van der Waals surface area contributed by atoms with E-state index in [4.69, 9.17) is 11.6 Å². The number of halogens is 1. The minimum atomic E-state index is -4.21. The minimum absolute atomic E-state index is 0.0377. The number of amides is 4. The number of sulfonamides is 1. The summed E-state index contributed by atoms with van der Waals surface area (Å²) in [6, 6.07) is 20.6. The number of hydrogen-bond acceptors (Lipinski definition) is 5. The van der Waals surface area contributed by atoms with Crippen LogP contribution in [-0.4, -0.2) is 37.8 Å². The van der Waals surface area contributed by atoms with Crippen molar-refractivity contribution in [3.05, 3.63) is 95.0 Å². The molecule has 4 rings (SSSR count). The molecule has 11 heteroatoms. The molecule has 2 N–H and O–H groups in total. The normalized spacial score (nSPS) is 13.5. The van der Waals surface area contributed by atoms with Gasteiger partial charge in [0.15, 0.2) is 0 Å². The van der Waals surface area contributed by atoms with Gasteiger partial charge >= 0.3 is 6.03 Å². The van der Waals surface area contributed by atoms with Crippen molar-refractivity contribution in [2.45, 2.75) is 11.4 Å². The van der Waals surface area contributed by atoms with Gasteiger partial charge in [-0.2, -0.15) is 0 Å². The second kappa shape index (κ2) is 9.54. The highest BCUT2D eigenvalue weighted by molar-refractivity contribution is 7.93. The molecular weight excluding hydrogens is 480 g/mol. The SMILES string of the molecule is O=C1CN(NC(=O)c2ccc(Cl)c(S(=O)(=O)N(Cc3ccccc3)c3ccccc3)c2)C(=O)N1. The van der Waals surface area contributed by atoms with Crippen LogP contribution in [0.2, 0.25) is 5.02 Å². The Labute approximate surface area is 201 Å². The zero-order valence-electron chi connectivity index (χ0n) is 17.6. The topological polar surface area (TPSA) is 116 Å². The van der Waals surface area contributed by atoms with Crippen molar-refractivity contribution in [2.24, 2.45) is 0 Å². The maximum absolute atomic E-state index is 13.8. The van der Waals surface area contributed by atoms with E-state index in [-0.39, 0.29) is 28.6 Å². The summed E-state index contributed by atoms with van der Waals surface area (Å²) in [7, 11) is -4.21. The minimum Gasteiger partial charge on any atom is -0.275 e. The number of carbonyl (C=O) groups is 3. The van der Waals surface area contributed by atoms with E-state index in [2.05, 4.69) is 5.43 Å². The lowest BCUT2D eigenvalue weighted by atomic mass is 10.2. The standard InChI is InChI=1S/C23H19ClN4O5S/c24-19-12-11-17(22(30)26-27-15-21(29)25-23(27)31)13-20(19)34(32,33)28(18-9-5-2-6-10-18)14-16-7-3-1-4-8-16/h1-13H,14-15H2,(H,26,30)(H,25,29,31). The second-order valence-electron chi connectivity index (χ2n) is 7.36. The Morgan fingerprint density at radius 1 is 1.00 bits per heavy atom. The first-order chi connectivity index (χ1) is 16.3. The lowest BCUT2D eigenvalue weighted by Crippen LogP contribution is -2.44. The lowest BCUT2D eigenvalue weighted by Gasteiger charge is -2.25. The van der Waals surface area contributed by atoms with E-state index in [1.807, 2.05) is 23.5 Å². The summed E-state index contributed by atoms with van der Waals surface area (Å²) in [6.07, 6.45) is 0. The number of urea groups is 1. The molecule has 1 aliphatic rings. The molecule has 3 aromatic rings. The third-order valence-electron chi connectivity index (χ3n) is 5.00. The fourth-order valence-electron chi connectivity index (χ4n) is 3.34. The molecule has 1 heterocycles. The van der Waals surface area contributed by atoms with Gasteiger partial charge in [0.25, 0.3) is 15.9 Å². The van der Waals surface area contributed by atoms with Crippen LogP contribution in [0.1, 0.15) is 15.9 Å². The van der Waals surface area contributed by atoms with Crippen molar-refractivity contribution in [2.75, 3.05) is 10.8 Å². The van der Waals surface area contributed by atoms with E-state index in [0.717, 1.165) is 16.6 Å². The summed E-state index contributed by atoms with van der Waals surface area (Å²) in [5.41, 5.74) is 3.41. The smallest absolute Gasteiger partial charge is 0.275 e. The van der Waals surface area contributed by atoms with Crippen LogP contribution in [0.25, 0.3) is 0 Å². The van der Waals surface area contributed by atoms with E-state index >= 15 is 0 Å². The van der Waals surface area contributed by atoms with Crippen LogP contribution >= 0.6 is 11.6 Å². The van der Waals surface area contributed by atoms with Gasteiger partial charge in [-0.3, -0.25) is 24.6 Å². The van der Waals surface area contributed by atoms with Crippen LogP contribution < -0.4 is 15.0 Å². The Balaban J connectivity index is 1.70. The monoisotopic (exact) mass is 498 g/mol. The summed E-state index contributed by atoms with van der Waals surface area (Å²) in [5.74, 6) is -1.34. The number of hydrogen-bond donors (Lipinski definition) is 2. The van der Waals surface area contributed by atoms with Crippen LogP contribution in [0.4, 0.5) is 10.5 Å². The van der Waals surface area contributed by atoms with Crippen molar-refractivity contribution >= 4 is 45.2 Å². The zero-order chi connectivity index (χ0) is 24.3. The van der Waals surface area contributed by atoms with Crippen molar-refractivity contribution in [3.8, 4) is 0 Å². The molecule has 0 aliphatic carbocycles. The predicted molar refractivity (Wildman–Crippen MR) is 125 cm³/mol. The maximum Gasteiger partial charge on any atom is 0.343 e. The first-order valence-corrected chi connectivity index (χ1v) is 11.9. The summed E-state index contributed by atoms with van der Waals surface area (Å²) in [4.78, 5) is 35.5. The number of benzene rings is 3. The molecule has 1 fully saturated rings. The molecule has 0 spiro atoms. The van der Waals surface area contributed by atoms with Gasteiger partial charge in [-0.25, -0.2) is 18.2 Å². The maximum atomic E-state index is 13.8. The van der Waals surface area contributed by atoms with Gasteiger partial charge in [0, 0.05) is 5.56 Å². The van der Waals surface area contributed by atoms with Gasteiger partial charge in [-0.05, 0) is 35.9 Å². The molecule has 3 aromatic carbocycles. The number of nitrogens with one attached hydrogen (secondary N) is 2. The van der Waals surface area contributed by atoms with E-state index in [1.54, 1.807) is 42.5 Å². The molecule has 9 nitrogen and oxygen atoms in total. The lowest BCUT2D eigenvalue weighted by molar-refractivity contribution is -0.118. The van der Waals surface area contributed by atoms with Crippen molar-refractivity contribution in [3.63, 3.8) is 0 Å². The van der Waals surface area contributed by atoms with Gasteiger partial charge in [-0.1, -0.05) is 60.1 Å². The molecule has 0 aromatic heterocycles. The van der Waals surface area contributed by atoms with Gasteiger partial charge < -0.3 is 0 Å². The van der Waals surface area contributed by atoms with Crippen LogP contribution in [-0.2, 0) is 21.4 Å². The first kappa shape index (κ1) is 23.3. The highest BCUT2D eigenvalue weighted by atomic mass is 35.5. The molecule has 174 valence electrons. The summed E-state index contributed by atoms with van der Waals surface area (Å²) in [6.45, 7) is -0.307. The van der Waals surface area contributed by atoms with E-state index < -0.39 is 27.9 Å². The predicted octanol–water partition coefficient (Wildman–Crippen LogP) is 2.93. The Bertz CT molecular complexity index is 1350. The highest BCUT2D eigenvalue weighted by Crippen LogP contribution is 2.31. The fraction of sp³-hybridized carbons (Fsp3) is 0.0870. The van der Waals surface area contributed by atoms with E-state index in [9.17, 15) is 22.8 Å². The number of rotatable bonds is 7. The molecule has 0 bridgehead atoms. The largest absolute Gasteiger partial charge is 0.343 e. The fourth-order valence-corrected chi connectivity index (χ4v) is 5.29. The Hall–Kier alpha value is -3.89. The van der Waals surface area contributed by atoms with Crippen LogP contribution in [0.15, 0.2) is 83.8 Å².